The van der Waals surface area contributed by atoms with Crippen LogP contribution in [-0.4, -0.2) is 23.2 Å². The Hall–Kier alpha value is -1.94. The zero-order valence-electron chi connectivity index (χ0n) is 10.3. The van der Waals surface area contributed by atoms with Gasteiger partial charge in [-0.15, -0.1) is 0 Å². The van der Waals surface area contributed by atoms with E-state index < -0.39 is 18.0 Å². The number of methoxy groups -OCH3 is 1. The molecule has 0 fully saturated rings. The lowest BCUT2D eigenvalue weighted by atomic mass is 9.96. The van der Waals surface area contributed by atoms with Crippen LogP contribution in [0.15, 0.2) is 36.5 Å². The van der Waals surface area contributed by atoms with Gasteiger partial charge in [0, 0.05) is 11.6 Å². The first-order valence-electron chi connectivity index (χ1n) is 5.74. The lowest BCUT2D eigenvalue weighted by Gasteiger charge is -2.17. The van der Waals surface area contributed by atoms with Crippen LogP contribution in [0.2, 0.25) is 0 Å². The number of pyridine rings is 1. The summed E-state index contributed by atoms with van der Waals surface area (Å²) in [4.78, 5) is 15.6. The van der Waals surface area contributed by atoms with Gasteiger partial charge in [0.05, 0.1) is 24.6 Å². The number of aliphatic hydroxyl groups is 1. The van der Waals surface area contributed by atoms with Gasteiger partial charge in [0.2, 0.25) is 0 Å². The van der Waals surface area contributed by atoms with Crippen LogP contribution in [0.5, 0.6) is 0 Å². The van der Waals surface area contributed by atoms with Gasteiger partial charge in [-0.1, -0.05) is 12.1 Å². The lowest BCUT2D eigenvalue weighted by molar-refractivity contribution is -0.148. The van der Waals surface area contributed by atoms with Gasteiger partial charge < -0.3 is 9.84 Å². The number of aliphatic hydroxyl groups excluding tert-OH is 1. The van der Waals surface area contributed by atoms with Crippen LogP contribution in [0.4, 0.5) is 0 Å². The average molecular weight is 245 g/mol. The van der Waals surface area contributed by atoms with Crippen LogP contribution in [0.3, 0.4) is 0 Å². The third-order valence-corrected chi connectivity index (χ3v) is 3.02. The molecular weight excluding hydrogens is 230 g/mol. The Bertz CT molecular complexity index is 568. The first kappa shape index (κ1) is 12.5. The largest absolute Gasteiger partial charge is 0.469 e. The number of aromatic nitrogens is 1. The molecule has 2 unspecified atom stereocenters. The van der Waals surface area contributed by atoms with Gasteiger partial charge in [-0.2, -0.15) is 0 Å². The zero-order valence-corrected chi connectivity index (χ0v) is 10.3. The minimum absolute atomic E-state index is 0.422. The summed E-state index contributed by atoms with van der Waals surface area (Å²) in [5.74, 6) is -1.02. The first-order chi connectivity index (χ1) is 8.63. The van der Waals surface area contributed by atoms with Crippen molar-refractivity contribution in [3.63, 3.8) is 0 Å². The van der Waals surface area contributed by atoms with Crippen LogP contribution >= 0.6 is 0 Å². The van der Waals surface area contributed by atoms with E-state index in [1.54, 1.807) is 19.2 Å². The van der Waals surface area contributed by atoms with Gasteiger partial charge >= 0.3 is 5.97 Å². The maximum atomic E-state index is 11.4. The molecule has 1 N–H and O–H groups in total. The molecular formula is C14H15NO3. The van der Waals surface area contributed by atoms with Crippen molar-refractivity contribution in [3.8, 4) is 0 Å². The topological polar surface area (TPSA) is 59.4 Å². The molecule has 1 aromatic heterocycles. The van der Waals surface area contributed by atoms with Crippen LogP contribution < -0.4 is 0 Å². The van der Waals surface area contributed by atoms with Gasteiger partial charge in [-0.05, 0) is 30.7 Å². The number of carbonyl (C=O) groups is 1. The Kier molecular flexibility index (Phi) is 3.58. The highest BCUT2D eigenvalue weighted by molar-refractivity contribution is 5.79. The molecule has 0 aliphatic carbocycles. The second kappa shape index (κ2) is 5.14. The monoisotopic (exact) mass is 245 g/mol. The molecule has 2 rings (SSSR count). The molecule has 18 heavy (non-hydrogen) atoms. The van der Waals surface area contributed by atoms with Crippen molar-refractivity contribution < 1.29 is 14.6 Å². The summed E-state index contributed by atoms with van der Waals surface area (Å²) in [5, 5.41) is 11.1. The van der Waals surface area contributed by atoms with Crippen molar-refractivity contribution in [2.24, 2.45) is 5.92 Å². The second-order valence-electron chi connectivity index (χ2n) is 4.21. The molecule has 0 saturated carbocycles. The van der Waals surface area contributed by atoms with E-state index in [2.05, 4.69) is 9.72 Å². The summed E-state index contributed by atoms with van der Waals surface area (Å²) < 4.78 is 4.63. The predicted octanol–water partition coefficient (Wildman–Crippen LogP) is 2.08. The maximum Gasteiger partial charge on any atom is 0.311 e. The minimum atomic E-state index is -0.873. The molecule has 2 atom stereocenters. The van der Waals surface area contributed by atoms with Crippen molar-refractivity contribution in [1.82, 2.24) is 4.98 Å². The molecule has 0 aliphatic rings. The third kappa shape index (κ3) is 2.33. The molecule has 0 amide bonds. The van der Waals surface area contributed by atoms with Crippen molar-refractivity contribution >= 4 is 16.9 Å². The molecule has 4 nitrogen and oxygen atoms in total. The molecule has 94 valence electrons. The molecule has 0 aliphatic heterocycles. The van der Waals surface area contributed by atoms with Crippen LogP contribution in [0.1, 0.15) is 18.6 Å². The smallest absolute Gasteiger partial charge is 0.311 e. The Morgan fingerprint density at radius 3 is 2.89 bits per heavy atom. The molecule has 0 radical (unpaired) electrons. The highest BCUT2D eigenvalue weighted by Gasteiger charge is 2.24. The van der Waals surface area contributed by atoms with Crippen LogP contribution in [-0.2, 0) is 9.53 Å². The number of carbonyl (C=O) groups excluding carboxylic acids is 1. The van der Waals surface area contributed by atoms with E-state index >= 15 is 0 Å². The number of benzene rings is 1. The second-order valence-corrected chi connectivity index (χ2v) is 4.21. The zero-order chi connectivity index (χ0) is 13.1. The van der Waals surface area contributed by atoms with E-state index in [1.807, 2.05) is 24.3 Å². The van der Waals surface area contributed by atoms with E-state index in [0.29, 0.717) is 5.56 Å². The normalized spacial score (nSPS) is 14.2. The molecule has 1 aromatic carbocycles. The molecule has 4 heteroatoms. The number of hydrogen-bond donors (Lipinski definition) is 1. The van der Waals surface area contributed by atoms with Crippen molar-refractivity contribution in [3.05, 3.63) is 42.1 Å². The Labute approximate surface area is 105 Å². The van der Waals surface area contributed by atoms with Gasteiger partial charge in [0.15, 0.2) is 0 Å². The van der Waals surface area contributed by atoms with E-state index in [-0.39, 0.29) is 0 Å². The van der Waals surface area contributed by atoms with Crippen LogP contribution in [0, 0.1) is 5.92 Å². The summed E-state index contributed by atoms with van der Waals surface area (Å²) in [6.45, 7) is 1.64. The Morgan fingerprint density at radius 2 is 2.17 bits per heavy atom. The minimum Gasteiger partial charge on any atom is -0.469 e. The third-order valence-electron chi connectivity index (χ3n) is 3.02. The fourth-order valence-corrected chi connectivity index (χ4v) is 1.88. The van der Waals surface area contributed by atoms with Crippen molar-refractivity contribution in [1.29, 1.82) is 0 Å². The molecule has 1 heterocycles. The summed E-state index contributed by atoms with van der Waals surface area (Å²) in [6.07, 6.45) is 0.845. The predicted molar refractivity (Wildman–Crippen MR) is 67.9 cm³/mol. The summed E-state index contributed by atoms with van der Waals surface area (Å²) in [5.41, 5.74) is 1.55. The van der Waals surface area contributed by atoms with E-state index in [1.165, 1.54) is 7.11 Å². The van der Waals surface area contributed by atoms with Gasteiger partial charge in [0.25, 0.3) is 0 Å². The average Bonchev–Trinajstić information content (AvgIpc) is 2.44. The number of rotatable bonds is 3. The number of hydrogen-bond acceptors (Lipinski definition) is 4. The summed E-state index contributed by atoms with van der Waals surface area (Å²) in [7, 11) is 1.32. The summed E-state index contributed by atoms with van der Waals surface area (Å²) >= 11 is 0. The number of ether oxygens (including phenoxy) is 1. The maximum absolute atomic E-state index is 11.4. The molecule has 0 spiro atoms. The number of nitrogens with zero attached hydrogens (tertiary/aromatic N) is 1. The lowest BCUT2D eigenvalue weighted by Crippen LogP contribution is -2.20. The van der Waals surface area contributed by atoms with E-state index in [9.17, 15) is 9.90 Å². The highest BCUT2D eigenvalue weighted by atomic mass is 16.5. The number of fused-ring (bicyclic) bond motifs is 1. The Morgan fingerprint density at radius 1 is 1.39 bits per heavy atom. The van der Waals surface area contributed by atoms with Gasteiger partial charge in [-0.25, -0.2) is 0 Å². The van der Waals surface area contributed by atoms with Gasteiger partial charge in [0.1, 0.15) is 0 Å². The standard InChI is InChI=1S/C14H15NO3/c1-9(14(17)18-2)13(16)11-5-6-12-10(8-11)4-3-7-15-12/h3-9,13,16H,1-2H3. The fourth-order valence-electron chi connectivity index (χ4n) is 1.88. The molecule has 2 aromatic rings. The first-order valence-corrected chi connectivity index (χ1v) is 5.74. The van der Waals surface area contributed by atoms with E-state index in [0.717, 1.165) is 10.9 Å². The van der Waals surface area contributed by atoms with Crippen molar-refractivity contribution in [2.75, 3.05) is 7.11 Å². The Balaban J connectivity index is 2.33. The van der Waals surface area contributed by atoms with E-state index in [4.69, 9.17) is 0 Å². The highest BCUT2D eigenvalue weighted by Crippen LogP contribution is 2.25. The van der Waals surface area contributed by atoms with Crippen LogP contribution in [0.25, 0.3) is 10.9 Å². The molecule has 0 saturated heterocycles. The number of esters is 1. The van der Waals surface area contributed by atoms with Gasteiger partial charge in [-0.3, -0.25) is 9.78 Å². The summed E-state index contributed by atoms with van der Waals surface area (Å²) in [6, 6.07) is 9.20. The quantitative estimate of drug-likeness (QED) is 0.841. The SMILES string of the molecule is COC(=O)C(C)C(O)c1ccc2ncccc2c1. The van der Waals surface area contributed by atoms with Crippen molar-refractivity contribution in [2.45, 2.75) is 13.0 Å². The molecule has 0 bridgehead atoms. The fraction of sp³-hybridized carbons (Fsp3) is 0.286.